The Kier molecular flexibility index (Phi) is 7.88. The van der Waals surface area contributed by atoms with Gasteiger partial charge in [-0.1, -0.05) is 18.5 Å². The largest absolute Gasteiger partial charge is 0.356 e. The molecule has 5 nitrogen and oxygen atoms in total. The Labute approximate surface area is 152 Å². The molecule has 1 saturated heterocycles. The van der Waals surface area contributed by atoms with Crippen molar-refractivity contribution in [3.05, 3.63) is 29.3 Å². The Morgan fingerprint density at radius 2 is 2.17 bits per heavy atom. The van der Waals surface area contributed by atoms with Gasteiger partial charge < -0.3 is 10.6 Å². The van der Waals surface area contributed by atoms with Gasteiger partial charge in [0.15, 0.2) is 0 Å². The molecule has 7 heteroatoms. The Morgan fingerprint density at radius 3 is 2.88 bits per heavy atom. The van der Waals surface area contributed by atoms with E-state index in [2.05, 4.69) is 15.5 Å². The summed E-state index contributed by atoms with van der Waals surface area (Å²) in [5, 5.41) is 6.47. The molecule has 1 aliphatic heterocycles. The number of nitrogens with one attached hydrogen (secondary N) is 2. The maximum atomic E-state index is 12.0. The van der Waals surface area contributed by atoms with E-state index in [1.54, 1.807) is 11.8 Å². The highest BCUT2D eigenvalue weighted by Crippen LogP contribution is 2.20. The fourth-order valence-electron chi connectivity index (χ4n) is 2.63. The molecule has 0 radical (unpaired) electrons. The lowest BCUT2D eigenvalue weighted by Crippen LogP contribution is -2.56. The summed E-state index contributed by atoms with van der Waals surface area (Å²) in [6.07, 6.45) is 1.11. The fourth-order valence-corrected chi connectivity index (χ4v) is 3.61. The molecule has 2 N–H and O–H groups in total. The molecule has 0 aromatic heterocycles. The maximum Gasteiger partial charge on any atom is 0.237 e. The second-order valence-electron chi connectivity index (χ2n) is 5.65. The molecule has 0 spiro atoms. The van der Waals surface area contributed by atoms with Crippen LogP contribution in [0.5, 0.6) is 0 Å². The van der Waals surface area contributed by atoms with E-state index in [0.717, 1.165) is 30.3 Å². The number of benzene rings is 1. The van der Waals surface area contributed by atoms with Gasteiger partial charge in [0.25, 0.3) is 0 Å². The quantitative estimate of drug-likeness (QED) is 0.544. The van der Waals surface area contributed by atoms with Crippen molar-refractivity contribution in [3.8, 4) is 0 Å². The van der Waals surface area contributed by atoms with E-state index in [9.17, 15) is 9.59 Å². The lowest BCUT2D eigenvalue weighted by molar-refractivity contribution is -0.133. The van der Waals surface area contributed by atoms with E-state index in [-0.39, 0.29) is 24.3 Å². The van der Waals surface area contributed by atoms with Gasteiger partial charge in [-0.05, 0) is 43.0 Å². The number of likely N-dealkylation sites (N-methyl/N-ethyl adjacent to an activating group) is 1. The number of amides is 2. The van der Waals surface area contributed by atoms with Gasteiger partial charge in [-0.2, -0.15) is 0 Å². The average Bonchev–Trinajstić information content (AvgIpc) is 2.58. The van der Waals surface area contributed by atoms with Gasteiger partial charge in [0.05, 0.1) is 12.5 Å². The standard InChI is InChI=1S/C17H24ClN3O2S/c1-2-21-10-9-20-17(23)15(21)12-16(22)19-8-3-11-24-14-6-4-13(18)5-7-14/h4-7,15H,2-3,8-12H2,1H3,(H,19,22)(H,20,23). The van der Waals surface area contributed by atoms with Crippen molar-refractivity contribution < 1.29 is 9.59 Å². The molecule has 1 aliphatic rings. The van der Waals surface area contributed by atoms with Crippen LogP contribution in [0.15, 0.2) is 29.2 Å². The number of hydrogen-bond donors (Lipinski definition) is 2. The minimum absolute atomic E-state index is 0.0449. The summed E-state index contributed by atoms with van der Waals surface area (Å²) < 4.78 is 0. The summed E-state index contributed by atoms with van der Waals surface area (Å²) in [6, 6.07) is 7.40. The maximum absolute atomic E-state index is 12.0. The number of thioether (sulfide) groups is 1. The molecule has 132 valence electrons. The highest BCUT2D eigenvalue weighted by molar-refractivity contribution is 7.99. The molecule has 1 atom stereocenters. The third-order valence-electron chi connectivity index (χ3n) is 3.95. The summed E-state index contributed by atoms with van der Waals surface area (Å²) in [7, 11) is 0. The summed E-state index contributed by atoms with van der Waals surface area (Å²) in [6.45, 7) is 4.88. The zero-order valence-electron chi connectivity index (χ0n) is 13.9. The predicted molar refractivity (Wildman–Crippen MR) is 98.5 cm³/mol. The van der Waals surface area contributed by atoms with Crippen molar-refractivity contribution in [3.63, 3.8) is 0 Å². The van der Waals surface area contributed by atoms with E-state index in [4.69, 9.17) is 11.6 Å². The van der Waals surface area contributed by atoms with E-state index in [1.165, 1.54) is 4.90 Å². The smallest absolute Gasteiger partial charge is 0.237 e. The molecular weight excluding hydrogens is 346 g/mol. The summed E-state index contributed by atoms with van der Waals surface area (Å²) in [4.78, 5) is 27.2. The Hall–Kier alpha value is -1.24. The van der Waals surface area contributed by atoms with Crippen LogP contribution in [0.1, 0.15) is 19.8 Å². The monoisotopic (exact) mass is 369 g/mol. The molecule has 0 aliphatic carbocycles. The van der Waals surface area contributed by atoms with Crippen LogP contribution in [-0.4, -0.2) is 54.7 Å². The molecule has 1 aromatic carbocycles. The van der Waals surface area contributed by atoms with Crippen LogP contribution in [-0.2, 0) is 9.59 Å². The van der Waals surface area contributed by atoms with Gasteiger partial charge in [-0.3, -0.25) is 14.5 Å². The van der Waals surface area contributed by atoms with E-state index in [0.29, 0.717) is 13.1 Å². The fraction of sp³-hybridized carbons (Fsp3) is 0.529. The first kappa shape index (κ1) is 19.1. The number of halogens is 1. The molecule has 1 fully saturated rings. The third kappa shape index (κ3) is 6.00. The van der Waals surface area contributed by atoms with E-state index in [1.807, 2.05) is 31.2 Å². The van der Waals surface area contributed by atoms with Gasteiger partial charge >= 0.3 is 0 Å². The molecule has 2 rings (SSSR count). The SMILES string of the molecule is CCN1CCNC(=O)C1CC(=O)NCCCSc1ccc(Cl)cc1. The van der Waals surface area contributed by atoms with Crippen molar-refractivity contribution >= 4 is 35.2 Å². The van der Waals surface area contributed by atoms with Crippen LogP contribution < -0.4 is 10.6 Å². The Balaban J connectivity index is 1.64. The van der Waals surface area contributed by atoms with Gasteiger partial charge in [0.1, 0.15) is 0 Å². The highest BCUT2D eigenvalue weighted by atomic mass is 35.5. The second-order valence-corrected chi connectivity index (χ2v) is 7.25. The van der Waals surface area contributed by atoms with Crippen molar-refractivity contribution in [1.82, 2.24) is 15.5 Å². The van der Waals surface area contributed by atoms with Crippen LogP contribution in [0.3, 0.4) is 0 Å². The van der Waals surface area contributed by atoms with Gasteiger partial charge in [-0.15, -0.1) is 11.8 Å². The predicted octanol–water partition coefficient (Wildman–Crippen LogP) is 2.15. The van der Waals surface area contributed by atoms with Crippen LogP contribution in [0.4, 0.5) is 0 Å². The number of rotatable bonds is 8. The van der Waals surface area contributed by atoms with Crippen molar-refractivity contribution in [1.29, 1.82) is 0 Å². The summed E-state index contributed by atoms with van der Waals surface area (Å²) in [5.74, 6) is 0.816. The molecule has 24 heavy (non-hydrogen) atoms. The lowest BCUT2D eigenvalue weighted by Gasteiger charge is -2.33. The number of carbonyl (C=O) groups is 2. The minimum Gasteiger partial charge on any atom is -0.356 e. The zero-order valence-corrected chi connectivity index (χ0v) is 15.5. The first-order valence-corrected chi connectivity index (χ1v) is 9.63. The summed E-state index contributed by atoms with van der Waals surface area (Å²) >= 11 is 7.59. The van der Waals surface area contributed by atoms with Crippen molar-refractivity contribution in [2.45, 2.75) is 30.7 Å². The zero-order chi connectivity index (χ0) is 17.4. The lowest BCUT2D eigenvalue weighted by atomic mass is 10.1. The molecule has 1 unspecified atom stereocenters. The van der Waals surface area contributed by atoms with Gasteiger partial charge in [0.2, 0.25) is 11.8 Å². The normalized spacial score (nSPS) is 18.2. The molecule has 0 saturated carbocycles. The number of nitrogens with zero attached hydrogens (tertiary/aromatic N) is 1. The minimum atomic E-state index is -0.341. The van der Waals surface area contributed by atoms with Gasteiger partial charge in [-0.25, -0.2) is 0 Å². The first-order chi connectivity index (χ1) is 11.6. The van der Waals surface area contributed by atoms with Crippen LogP contribution in [0.25, 0.3) is 0 Å². The van der Waals surface area contributed by atoms with E-state index < -0.39 is 0 Å². The number of hydrogen-bond acceptors (Lipinski definition) is 4. The van der Waals surface area contributed by atoms with Crippen molar-refractivity contribution in [2.24, 2.45) is 0 Å². The third-order valence-corrected chi connectivity index (χ3v) is 5.30. The van der Waals surface area contributed by atoms with Crippen LogP contribution in [0, 0.1) is 0 Å². The second kappa shape index (κ2) is 9.91. The highest BCUT2D eigenvalue weighted by Gasteiger charge is 2.30. The Morgan fingerprint density at radius 1 is 1.42 bits per heavy atom. The molecule has 2 amide bonds. The molecular formula is C17H24ClN3O2S. The number of carbonyl (C=O) groups excluding carboxylic acids is 2. The van der Waals surface area contributed by atoms with Crippen molar-refractivity contribution in [2.75, 3.05) is 31.9 Å². The number of piperazine rings is 1. The Bertz CT molecular complexity index is 553. The van der Waals surface area contributed by atoms with Crippen LogP contribution in [0.2, 0.25) is 5.02 Å². The van der Waals surface area contributed by atoms with E-state index >= 15 is 0 Å². The van der Waals surface area contributed by atoms with Crippen LogP contribution >= 0.6 is 23.4 Å². The first-order valence-electron chi connectivity index (χ1n) is 8.27. The van der Waals surface area contributed by atoms with Gasteiger partial charge in [0, 0.05) is 29.6 Å². The molecule has 0 bridgehead atoms. The topological polar surface area (TPSA) is 61.4 Å². The molecule has 1 heterocycles. The average molecular weight is 370 g/mol. The summed E-state index contributed by atoms with van der Waals surface area (Å²) in [5.41, 5.74) is 0. The molecule has 1 aromatic rings.